The van der Waals surface area contributed by atoms with Gasteiger partial charge < -0.3 is 10.2 Å². The lowest BCUT2D eigenvalue weighted by Crippen LogP contribution is -2.43. The standard InChI is InChI=1S/C14H24F2N2.ClH/c15-14(16)4-1-2-11(6-14)9-18-5-3-12-7-17-8-13(12)10-18;/h11-13,17H,1-10H2;1H. The number of rotatable bonds is 2. The molecule has 1 N–H and O–H groups in total. The topological polar surface area (TPSA) is 15.3 Å². The third kappa shape index (κ3) is 3.79. The van der Waals surface area contributed by atoms with E-state index in [1.807, 2.05) is 0 Å². The third-order valence-corrected chi connectivity index (χ3v) is 5.05. The molecule has 19 heavy (non-hydrogen) atoms. The van der Waals surface area contributed by atoms with Crippen LogP contribution in [0.1, 0.15) is 32.1 Å². The molecule has 0 aromatic heterocycles. The van der Waals surface area contributed by atoms with Crippen molar-refractivity contribution in [2.24, 2.45) is 17.8 Å². The summed E-state index contributed by atoms with van der Waals surface area (Å²) in [5, 5.41) is 3.45. The number of hydrogen-bond acceptors (Lipinski definition) is 2. The van der Waals surface area contributed by atoms with Gasteiger partial charge in [-0.1, -0.05) is 0 Å². The minimum absolute atomic E-state index is 0. The molecule has 5 heteroatoms. The molecule has 1 aliphatic carbocycles. The van der Waals surface area contributed by atoms with Gasteiger partial charge in [-0.25, -0.2) is 8.78 Å². The van der Waals surface area contributed by atoms with Gasteiger partial charge in [0.15, 0.2) is 0 Å². The molecule has 0 bridgehead atoms. The van der Waals surface area contributed by atoms with Gasteiger partial charge in [-0.05, 0) is 56.7 Å². The number of hydrogen-bond donors (Lipinski definition) is 1. The van der Waals surface area contributed by atoms with Crippen LogP contribution in [0.5, 0.6) is 0 Å². The summed E-state index contributed by atoms with van der Waals surface area (Å²) >= 11 is 0. The Hall–Kier alpha value is 0.0700. The summed E-state index contributed by atoms with van der Waals surface area (Å²) < 4.78 is 26.8. The molecule has 1 saturated carbocycles. The first-order valence-corrected chi connectivity index (χ1v) is 7.43. The average molecular weight is 295 g/mol. The van der Waals surface area contributed by atoms with Crippen LogP contribution in [-0.4, -0.2) is 43.5 Å². The smallest absolute Gasteiger partial charge is 0.248 e. The van der Waals surface area contributed by atoms with Gasteiger partial charge in [0, 0.05) is 25.9 Å². The second kappa shape index (κ2) is 6.23. The Morgan fingerprint density at radius 2 is 1.95 bits per heavy atom. The van der Waals surface area contributed by atoms with E-state index in [9.17, 15) is 8.78 Å². The van der Waals surface area contributed by atoms with Crippen molar-refractivity contribution in [3.63, 3.8) is 0 Å². The number of fused-ring (bicyclic) bond motifs is 1. The molecular formula is C14H25ClF2N2. The minimum atomic E-state index is -2.39. The van der Waals surface area contributed by atoms with E-state index in [0.29, 0.717) is 6.42 Å². The first-order valence-electron chi connectivity index (χ1n) is 7.43. The summed E-state index contributed by atoms with van der Waals surface area (Å²) in [6, 6.07) is 0. The van der Waals surface area contributed by atoms with Crippen molar-refractivity contribution in [2.45, 2.75) is 38.0 Å². The second-order valence-corrected chi connectivity index (χ2v) is 6.54. The van der Waals surface area contributed by atoms with Crippen LogP contribution in [0, 0.1) is 17.8 Å². The van der Waals surface area contributed by atoms with Crippen molar-refractivity contribution in [3.8, 4) is 0 Å². The molecule has 0 radical (unpaired) electrons. The van der Waals surface area contributed by atoms with E-state index in [0.717, 1.165) is 44.4 Å². The van der Waals surface area contributed by atoms with Crippen LogP contribution < -0.4 is 5.32 Å². The van der Waals surface area contributed by atoms with E-state index in [-0.39, 0.29) is 31.2 Å². The predicted octanol–water partition coefficient (Wildman–Crippen LogP) is 2.78. The highest BCUT2D eigenvalue weighted by Crippen LogP contribution is 2.37. The highest BCUT2D eigenvalue weighted by Gasteiger charge is 2.38. The van der Waals surface area contributed by atoms with Crippen LogP contribution >= 0.6 is 12.4 Å². The maximum atomic E-state index is 13.4. The van der Waals surface area contributed by atoms with Crippen LogP contribution in [0.3, 0.4) is 0 Å². The number of alkyl halides is 2. The molecule has 3 fully saturated rings. The first-order chi connectivity index (χ1) is 8.62. The van der Waals surface area contributed by atoms with Crippen LogP contribution in [0.4, 0.5) is 8.78 Å². The SMILES string of the molecule is Cl.FC1(F)CCCC(CN2CCC3CNCC3C2)C1. The molecule has 2 heterocycles. The van der Waals surface area contributed by atoms with Crippen LogP contribution in [-0.2, 0) is 0 Å². The molecule has 2 aliphatic heterocycles. The molecular weight excluding hydrogens is 270 g/mol. The lowest BCUT2D eigenvalue weighted by Gasteiger charge is -2.38. The molecule has 112 valence electrons. The molecule has 3 unspecified atom stereocenters. The Labute approximate surface area is 120 Å². The maximum absolute atomic E-state index is 13.4. The van der Waals surface area contributed by atoms with E-state index in [4.69, 9.17) is 0 Å². The molecule has 0 aromatic rings. The lowest BCUT2D eigenvalue weighted by atomic mass is 9.84. The molecule has 2 saturated heterocycles. The summed E-state index contributed by atoms with van der Waals surface area (Å²) in [5.74, 6) is -0.563. The van der Waals surface area contributed by atoms with E-state index in [1.165, 1.54) is 13.0 Å². The highest BCUT2D eigenvalue weighted by molar-refractivity contribution is 5.85. The fraction of sp³-hybridized carbons (Fsp3) is 1.00. The molecule has 0 spiro atoms. The van der Waals surface area contributed by atoms with Crippen molar-refractivity contribution < 1.29 is 8.78 Å². The largest absolute Gasteiger partial charge is 0.316 e. The van der Waals surface area contributed by atoms with Gasteiger partial charge in [0.05, 0.1) is 0 Å². The van der Waals surface area contributed by atoms with Gasteiger partial charge in [-0.15, -0.1) is 12.4 Å². The first kappa shape index (κ1) is 15.5. The Balaban J connectivity index is 0.00000133. The van der Waals surface area contributed by atoms with Gasteiger partial charge in [-0.3, -0.25) is 0 Å². The molecule has 3 rings (SSSR count). The van der Waals surface area contributed by atoms with E-state index >= 15 is 0 Å². The van der Waals surface area contributed by atoms with Crippen molar-refractivity contribution in [2.75, 3.05) is 32.7 Å². The van der Waals surface area contributed by atoms with Crippen LogP contribution in [0.2, 0.25) is 0 Å². The Kier molecular flexibility index (Phi) is 5.07. The van der Waals surface area contributed by atoms with Crippen LogP contribution in [0.15, 0.2) is 0 Å². The lowest BCUT2D eigenvalue weighted by molar-refractivity contribution is -0.0586. The average Bonchev–Trinajstić information content (AvgIpc) is 2.74. The fourth-order valence-electron chi connectivity index (χ4n) is 4.07. The normalized spacial score (nSPS) is 38.5. The highest BCUT2D eigenvalue weighted by atomic mass is 35.5. The van der Waals surface area contributed by atoms with E-state index in [1.54, 1.807) is 0 Å². The summed E-state index contributed by atoms with van der Waals surface area (Å²) in [4.78, 5) is 2.44. The summed E-state index contributed by atoms with van der Waals surface area (Å²) in [5.41, 5.74) is 0. The van der Waals surface area contributed by atoms with Gasteiger partial charge in [-0.2, -0.15) is 0 Å². The zero-order chi connectivity index (χ0) is 12.6. The number of likely N-dealkylation sites (tertiary alicyclic amines) is 1. The number of nitrogens with one attached hydrogen (secondary N) is 1. The molecule has 2 nitrogen and oxygen atoms in total. The Morgan fingerprint density at radius 3 is 2.74 bits per heavy atom. The van der Waals surface area contributed by atoms with Crippen molar-refractivity contribution in [1.82, 2.24) is 10.2 Å². The fourth-order valence-corrected chi connectivity index (χ4v) is 4.07. The molecule has 3 aliphatic rings. The quantitative estimate of drug-likeness (QED) is 0.842. The number of piperidine rings is 1. The summed E-state index contributed by atoms with van der Waals surface area (Å²) in [7, 11) is 0. The second-order valence-electron chi connectivity index (χ2n) is 6.54. The van der Waals surface area contributed by atoms with E-state index in [2.05, 4.69) is 10.2 Å². The van der Waals surface area contributed by atoms with Crippen molar-refractivity contribution >= 4 is 12.4 Å². The summed E-state index contributed by atoms with van der Waals surface area (Å²) in [6.45, 7) is 5.44. The maximum Gasteiger partial charge on any atom is 0.248 e. The molecule has 0 aromatic carbocycles. The number of nitrogens with zero attached hydrogens (tertiary/aromatic N) is 1. The predicted molar refractivity (Wildman–Crippen MR) is 75.1 cm³/mol. The van der Waals surface area contributed by atoms with Gasteiger partial charge >= 0.3 is 0 Å². The zero-order valence-corrected chi connectivity index (χ0v) is 12.2. The minimum Gasteiger partial charge on any atom is -0.316 e. The van der Waals surface area contributed by atoms with Gasteiger partial charge in [0.2, 0.25) is 5.92 Å². The molecule has 3 atom stereocenters. The zero-order valence-electron chi connectivity index (χ0n) is 11.4. The van der Waals surface area contributed by atoms with Gasteiger partial charge in [0.25, 0.3) is 0 Å². The Bertz CT molecular complexity index is 301. The van der Waals surface area contributed by atoms with E-state index < -0.39 is 5.92 Å². The van der Waals surface area contributed by atoms with Crippen molar-refractivity contribution in [3.05, 3.63) is 0 Å². The monoisotopic (exact) mass is 294 g/mol. The summed E-state index contributed by atoms with van der Waals surface area (Å²) in [6.07, 6.45) is 3.19. The Morgan fingerprint density at radius 1 is 1.16 bits per heavy atom. The van der Waals surface area contributed by atoms with Gasteiger partial charge in [0.1, 0.15) is 0 Å². The number of halogens is 3. The molecule has 0 amide bonds. The van der Waals surface area contributed by atoms with Crippen LogP contribution in [0.25, 0.3) is 0 Å². The third-order valence-electron chi connectivity index (χ3n) is 5.05. The van der Waals surface area contributed by atoms with Crippen molar-refractivity contribution in [1.29, 1.82) is 0 Å².